The first-order chi connectivity index (χ1) is 14.6. The van der Waals surface area contributed by atoms with Crippen LogP contribution in [0.3, 0.4) is 0 Å². The van der Waals surface area contributed by atoms with Crippen LogP contribution in [0.2, 0.25) is 0 Å². The third-order valence-corrected chi connectivity index (χ3v) is 6.01. The third-order valence-electron chi connectivity index (χ3n) is 5.81. The molecule has 0 unspecified atom stereocenters. The standard InChI is InChI=1S/C24H28N2O4S/c1-14-10-18(29-15(2)27)11-20-21(14)19(16-6-8-17(28-5)9-7-16)12-24(30-20)13-23(3,4)25-22(31)26-24/h6-11,19H,12-13H2,1-5H3,(H2,25,26,31)/t19-,24-/m1/s1. The van der Waals surface area contributed by atoms with E-state index in [2.05, 4.69) is 36.6 Å². The average Bonchev–Trinajstić information content (AvgIpc) is 2.64. The number of carbonyl (C=O) groups is 1. The van der Waals surface area contributed by atoms with Crippen LogP contribution in [-0.4, -0.2) is 29.5 Å². The fourth-order valence-corrected chi connectivity index (χ4v) is 5.29. The highest BCUT2D eigenvalue weighted by atomic mass is 32.1. The minimum atomic E-state index is -0.676. The molecule has 2 aliphatic rings. The van der Waals surface area contributed by atoms with Crippen LogP contribution < -0.4 is 24.8 Å². The van der Waals surface area contributed by atoms with E-state index in [1.165, 1.54) is 6.92 Å². The van der Waals surface area contributed by atoms with Crippen molar-refractivity contribution in [3.63, 3.8) is 0 Å². The van der Waals surface area contributed by atoms with Crippen molar-refractivity contribution in [3.8, 4) is 17.2 Å². The van der Waals surface area contributed by atoms with Gasteiger partial charge in [0, 0.05) is 42.9 Å². The summed E-state index contributed by atoms with van der Waals surface area (Å²) < 4.78 is 17.3. The number of aryl methyl sites for hydroxylation is 1. The highest BCUT2D eigenvalue weighted by molar-refractivity contribution is 7.80. The highest BCUT2D eigenvalue weighted by Crippen LogP contribution is 2.49. The lowest BCUT2D eigenvalue weighted by Gasteiger charge is -2.50. The van der Waals surface area contributed by atoms with E-state index in [1.54, 1.807) is 13.2 Å². The molecule has 6 nitrogen and oxygen atoms in total. The molecule has 2 aromatic rings. The first kappa shape index (κ1) is 21.4. The Bertz CT molecular complexity index is 1030. The molecule has 0 aromatic heterocycles. The molecule has 7 heteroatoms. The van der Waals surface area contributed by atoms with Crippen molar-refractivity contribution < 1.29 is 19.0 Å². The SMILES string of the molecule is COc1ccc([C@H]2C[C@]3(CC(C)(C)NC(=S)N3)Oc3cc(OC(C)=O)cc(C)c32)cc1. The molecule has 0 bridgehead atoms. The Labute approximate surface area is 188 Å². The van der Waals surface area contributed by atoms with Crippen molar-refractivity contribution in [2.45, 2.75) is 57.7 Å². The number of thiocarbonyl (C=S) groups is 1. The predicted molar refractivity (Wildman–Crippen MR) is 123 cm³/mol. The molecule has 0 amide bonds. The molecule has 0 saturated carbocycles. The Hall–Kier alpha value is -2.80. The summed E-state index contributed by atoms with van der Waals surface area (Å²) in [6, 6.07) is 11.8. The van der Waals surface area contributed by atoms with E-state index >= 15 is 0 Å². The van der Waals surface area contributed by atoms with Gasteiger partial charge in [0.15, 0.2) is 10.8 Å². The van der Waals surface area contributed by atoms with Crippen LogP contribution in [0, 0.1) is 6.92 Å². The van der Waals surface area contributed by atoms with Crippen LogP contribution in [0.15, 0.2) is 36.4 Å². The van der Waals surface area contributed by atoms with Crippen molar-refractivity contribution in [1.82, 2.24) is 10.6 Å². The van der Waals surface area contributed by atoms with Gasteiger partial charge in [0.05, 0.1) is 7.11 Å². The molecule has 1 spiro atoms. The molecule has 2 heterocycles. The normalized spacial score (nSPS) is 23.8. The number of carbonyl (C=O) groups excluding carboxylic acids is 1. The maximum Gasteiger partial charge on any atom is 0.308 e. The molecule has 4 rings (SSSR count). The van der Waals surface area contributed by atoms with Gasteiger partial charge in [-0.2, -0.15) is 0 Å². The van der Waals surface area contributed by atoms with Crippen molar-refractivity contribution in [1.29, 1.82) is 0 Å². The predicted octanol–water partition coefficient (Wildman–Crippen LogP) is 4.19. The lowest BCUT2D eigenvalue weighted by atomic mass is 9.76. The summed E-state index contributed by atoms with van der Waals surface area (Å²) in [5, 5.41) is 7.29. The topological polar surface area (TPSA) is 68.8 Å². The van der Waals surface area contributed by atoms with E-state index in [0.717, 1.165) is 22.4 Å². The second-order valence-electron chi connectivity index (χ2n) is 9.01. The van der Waals surface area contributed by atoms with Crippen molar-refractivity contribution in [3.05, 3.63) is 53.1 Å². The van der Waals surface area contributed by atoms with Gasteiger partial charge in [-0.25, -0.2) is 0 Å². The van der Waals surface area contributed by atoms with Crippen molar-refractivity contribution in [2.24, 2.45) is 0 Å². The molecule has 164 valence electrons. The number of hydrogen-bond donors (Lipinski definition) is 2. The fourth-order valence-electron chi connectivity index (χ4n) is 4.83. The van der Waals surface area contributed by atoms with Crippen molar-refractivity contribution in [2.75, 3.05) is 7.11 Å². The first-order valence-electron chi connectivity index (χ1n) is 10.4. The summed E-state index contributed by atoms with van der Waals surface area (Å²) in [5.41, 5.74) is 2.37. The second kappa shape index (κ2) is 7.71. The summed E-state index contributed by atoms with van der Waals surface area (Å²) >= 11 is 5.52. The summed E-state index contributed by atoms with van der Waals surface area (Å²) in [6.45, 7) is 7.65. The number of ether oxygens (including phenoxy) is 3. The van der Waals surface area contributed by atoms with Crippen LogP contribution in [0.5, 0.6) is 17.2 Å². The number of benzene rings is 2. The average molecular weight is 441 g/mol. The fraction of sp³-hybridized carbons (Fsp3) is 0.417. The van der Waals surface area contributed by atoms with E-state index in [1.807, 2.05) is 25.1 Å². The van der Waals surface area contributed by atoms with E-state index in [-0.39, 0.29) is 17.4 Å². The lowest BCUT2D eigenvalue weighted by molar-refractivity contribution is -0.131. The Morgan fingerprint density at radius 2 is 1.87 bits per heavy atom. The number of rotatable bonds is 3. The molecule has 2 N–H and O–H groups in total. The molecule has 1 saturated heterocycles. The minimum Gasteiger partial charge on any atom is -0.497 e. The maximum absolute atomic E-state index is 11.5. The Morgan fingerprint density at radius 1 is 1.16 bits per heavy atom. The molecular weight excluding hydrogens is 412 g/mol. The maximum atomic E-state index is 11.5. The van der Waals surface area contributed by atoms with Crippen LogP contribution in [-0.2, 0) is 4.79 Å². The minimum absolute atomic E-state index is 0.0743. The zero-order chi connectivity index (χ0) is 22.4. The molecule has 0 aliphatic carbocycles. The van der Waals surface area contributed by atoms with Gasteiger partial charge in [-0.1, -0.05) is 12.1 Å². The summed E-state index contributed by atoms with van der Waals surface area (Å²) in [6.07, 6.45) is 1.43. The van der Waals surface area contributed by atoms with Crippen LogP contribution in [0.25, 0.3) is 0 Å². The molecule has 0 radical (unpaired) electrons. The van der Waals surface area contributed by atoms with E-state index in [0.29, 0.717) is 29.5 Å². The Morgan fingerprint density at radius 3 is 2.48 bits per heavy atom. The third kappa shape index (κ3) is 4.32. The second-order valence-corrected chi connectivity index (χ2v) is 9.42. The zero-order valence-corrected chi connectivity index (χ0v) is 19.3. The van der Waals surface area contributed by atoms with Crippen LogP contribution in [0.4, 0.5) is 0 Å². The number of hydrogen-bond acceptors (Lipinski definition) is 5. The quantitative estimate of drug-likeness (QED) is 0.421. The van der Waals surface area contributed by atoms with Crippen molar-refractivity contribution >= 4 is 23.3 Å². The molecule has 31 heavy (non-hydrogen) atoms. The molecule has 1 fully saturated rings. The van der Waals surface area contributed by atoms with E-state index < -0.39 is 5.72 Å². The van der Waals surface area contributed by atoms with E-state index in [4.69, 9.17) is 26.4 Å². The van der Waals surface area contributed by atoms with Gasteiger partial charge in [0.1, 0.15) is 17.2 Å². The smallest absolute Gasteiger partial charge is 0.308 e. The number of methoxy groups -OCH3 is 1. The van der Waals surface area contributed by atoms with Gasteiger partial charge in [-0.3, -0.25) is 4.79 Å². The number of fused-ring (bicyclic) bond motifs is 1. The lowest BCUT2D eigenvalue weighted by Crippen LogP contribution is -2.69. The zero-order valence-electron chi connectivity index (χ0n) is 18.5. The Kier molecular flexibility index (Phi) is 5.33. The molecule has 2 atom stereocenters. The summed E-state index contributed by atoms with van der Waals surface area (Å²) in [5.74, 6) is 1.71. The number of esters is 1. The van der Waals surface area contributed by atoms with Gasteiger partial charge in [0.2, 0.25) is 0 Å². The molecular formula is C24H28N2O4S. The van der Waals surface area contributed by atoms with E-state index in [9.17, 15) is 4.79 Å². The van der Waals surface area contributed by atoms with Gasteiger partial charge in [0.25, 0.3) is 0 Å². The highest BCUT2D eigenvalue weighted by Gasteiger charge is 2.49. The van der Waals surface area contributed by atoms with Crippen LogP contribution in [0.1, 0.15) is 56.2 Å². The first-order valence-corrected chi connectivity index (χ1v) is 10.8. The molecule has 2 aromatic carbocycles. The summed E-state index contributed by atoms with van der Waals surface area (Å²) in [7, 11) is 1.66. The monoisotopic (exact) mass is 440 g/mol. The van der Waals surface area contributed by atoms with Gasteiger partial charge >= 0.3 is 5.97 Å². The van der Waals surface area contributed by atoms with Gasteiger partial charge in [-0.05, 0) is 62.3 Å². The van der Waals surface area contributed by atoms with Crippen LogP contribution >= 0.6 is 12.2 Å². The largest absolute Gasteiger partial charge is 0.497 e. The molecule has 2 aliphatic heterocycles. The summed E-state index contributed by atoms with van der Waals surface area (Å²) in [4.78, 5) is 11.5. The van der Waals surface area contributed by atoms with Gasteiger partial charge in [-0.15, -0.1) is 0 Å². The van der Waals surface area contributed by atoms with Gasteiger partial charge < -0.3 is 24.8 Å². The number of nitrogens with one attached hydrogen (secondary N) is 2. The Balaban J connectivity index is 1.84.